The molecular weight excluding hydrogens is 466 g/mol. The SMILES string of the molecule is CCOP(CN(Sc1cc(Cl)cc(C(F)(F)F)c1)c1cccc2ccccc12)OCC. The summed E-state index contributed by atoms with van der Waals surface area (Å²) in [6, 6.07) is 17.3. The van der Waals surface area contributed by atoms with Crippen LogP contribution in [0.4, 0.5) is 18.9 Å². The van der Waals surface area contributed by atoms with Crippen LogP contribution in [0.3, 0.4) is 0 Å². The van der Waals surface area contributed by atoms with E-state index in [0.29, 0.717) is 24.4 Å². The minimum Gasteiger partial charge on any atom is -0.333 e. The summed E-state index contributed by atoms with van der Waals surface area (Å²) in [7, 11) is -1.26. The van der Waals surface area contributed by atoms with Crippen molar-refractivity contribution in [1.82, 2.24) is 0 Å². The Morgan fingerprint density at radius 3 is 2.32 bits per heavy atom. The van der Waals surface area contributed by atoms with Gasteiger partial charge < -0.3 is 13.4 Å². The van der Waals surface area contributed by atoms with Gasteiger partial charge in [0, 0.05) is 15.3 Å². The fourth-order valence-corrected chi connectivity index (χ4v) is 5.86. The molecule has 0 spiro atoms. The molecule has 3 rings (SSSR count). The first-order valence-corrected chi connectivity index (χ1v) is 12.2. The molecule has 0 amide bonds. The van der Waals surface area contributed by atoms with Crippen molar-refractivity contribution in [3.05, 3.63) is 71.2 Å². The molecule has 31 heavy (non-hydrogen) atoms. The number of hydrogen-bond donors (Lipinski definition) is 0. The van der Waals surface area contributed by atoms with Gasteiger partial charge in [0.1, 0.15) is 0 Å². The van der Waals surface area contributed by atoms with E-state index >= 15 is 0 Å². The van der Waals surface area contributed by atoms with E-state index in [1.807, 2.05) is 60.6 Å². The molecule has 0 radical (unpaired) electrons. The van der Waals surface area contributed by atoms with E-state index in [1.54, 1.807) is 0 Å². The second kappa shape index (κ2) is 10.9. The first kappa shape index (κ1) is 24.1. The highest BCUT2D eigenvalue weighted by Crippen LogP contribution is 2.45. The predicted molar refractivity (Wildman–Crippen MR) is 124 cm³/mol. The quantitative estimate of drug-likeness (QED) is 0.223. The standard InChI is InChI=1S/C22H22ClF3NO2PS/c1-3-28-30(29-4-2)15-27(21-11-7-9-16-8-5-6-10-20(16)21)31-19-13-17(22(24,25)26)12-18(23)14-19/h5-14H,3-4,15H2,1-2H3. The molecule has 0 aromatic heterocycles. The molecule has 0 N–H and O–H groups in total. The maximum Gasteiger partial charge on any atom is 0.416 e. The Morgan fingerprint density at radius 2 is 1.65 bits per heavy atom. The third kappa shape index (κ3) is 6.50. The average molecular weight is 488 g/mol. The van der Waals surface area contributed by atoms with E-state index in [4.69, 9.17) is 20.6 Å². The third-order valence-corrected chi connectivity index (χ3v) is 7.25. The van der Waals surface area contributed by atoms with Gasteiger partial charge >= 0.3 is 6.18 Å². The molecule has 0 aliphatic heterocycles. The molecule has 166 valence electrons. The Kier molecular flexibility index (Phi) is 8.48. The Hall–Kier alpha value is -1.50. The van der Waals surface area contributed by atoms with E-state index in [2.05, 4.69) is 0 Å². The molecule has 0 heterocycles. The molecule has 3 aromatic rings. The lowest BCUT2D eigenvalue weighted by molar-refractivity contribution is -0.137. The normalized spacial score (nSPS) is 12.0. The van der Waals surface area contributed by atoms with E-state index in [1.165, 1.54) is 18.0 Å². The van der Waals surface area contributed by atoms with Crippen molar-refractivity contribution in [2.75, 3.05) is 23.8 Å². The van der Waals surface area contributed by atoms with Gasteiger partial charge in [-0.25, -0.2) is 0 Å². The number of nitrogens with zero attached hydrogens (tertiary/aromatic N) is 1. The molecule has 0 bridgehead atoms. The Labute approximate surface area is 190 Å². The number of halogens is 4. The minimum absolute atomic E-state index is 0.0343. The zero-order valence-corrected chi connectivity index (χ0v) is 19.5. The second-order valence-electron chi connectivity index (χ2n) is 6.45. The summed E-state index contributed by atoms with van der Waals surface area (Å²) in [5.74, 6) is 0. The largest absolute Gasteiger partial charge is 0.416 e. The van der Waals surface area contributed by atoms with Gasteiger partial charge in [0.15, 0.2) is 8.38 Å². The molecule has 3 nitrogen and oxygen atoms in total. The van der Waals surface area contributed by atoms with Crippen LogP contribution >= 0.6 is 31.9 Å². The van der Waals surface area contributed by atoms with Crippen LogP contribution in [0.1, 0.15) is 19.4 Å². The molecule has 9 heteroatoms. The fourth-order valence-electron chi connectivity index (χ4n) is 3.00. The van der Waals surface area contributed by atoms with Gasteiger partial charge in [-0.15, -0.1) is 0 Å². The smallest absolute Gasteiger partial charge is 0.333 e. The van der Waals surface area contributed by atoms with Crippen molar-refractivity contribution < 1.29 is 22.2 Å². The molecule has 3 aromatic carbocycles. The highest BCUT2D eigenvalue weighted by molar-refractivity contribution is 8.01. The average Bonchev–Trinajstić information content (AvgIpc) is 2.72. The van der Waals surface area contributed by atoms with E-state index in [9.17, 15) is 13.2 Å². The number of anilines is 1. The maximum absolute atomic E-state index is 13.3. The minimum atomic E-state index is -4.48. The molecule has 0 saturated heterocycles. The van der Waals surface area contributed by atoms with Crippen LogP contribution < -0.4 is 4.31 Å². The van der Waals surface area contributed by atoms with Gasteiger partial charge in [-0.05, 0) is 55.4 Å². The van der Waals surface area contributed by atoms with E-state index in [0.717, 1.165) is 28.6 Å². The summed E-state index contributed by atoms with van der Waals surface area (Å²) >= 11 is 7.19. The highest BCUT2D eigenvalue weighted by Gasteiger charge is 2.31. The summed E-state index contributed by atoms with van der Waals surface area (Å²) in [5.41, 5.74) is 0.0841. The molecule has 0 atom stereocenters. The van der Waals surface area contributed by atoms with Gasteiger partial charge in [-0.2, -0.15) is 13.2 Å². The van der Waals surface area contributed by atoms with Crippen LogP contribution in [0.15, 0.2) is 65.6 Å². The topological polar surface area (TPSA) is 21.7 Å². The lowest BCUT2D eigenvalue weighted by Gasteiger charge is -2.28. The number of benzene rings is 3. The fraction of sp³-hybridized carbons (Fsp3) is 0.273. The number of alkyl halides is 3. The molecule has 0 aliphatic carbocycles. The first-order chi connectivity index (χ1) is 14.8. The van der Waals surface area contributed by atoms with Crippen molar-refractivity contribution in [3.63, 3.8) is 0 Å². The van der Waals surface area contributed by atoms with Gasteiger partial charge in [0.05, 0.1) is 30.8 Å². The van der Waals surface area contributed by atoms with Crippen LogP contribution in [0.2, 0.25) is 5.02 Å². The summed E-state index contributed by atoms with van der Waals surface area (Å²) in [4.78, 5) is 0.385. The molecule has 0 aliphatic rings. The van der Waals surface area contributed by atoms with Crippen LogP contribution in [0.25, 0.3) is 10.8 Å². The molecule has 0 fully saturated rings. The summed E-state index contributed by atoms with van der Waals surface area (Å²) in [6.45, 7) is 4.73. The first-order valence-electron chi connectivity index (χ1n) is 9.66. The lowest BCUT2D eigenvalue weighted by Crippen LogP contribution is -2.17. The Morgan fingerprint density at radius 1 is 0.968 bits per heavy atom. The summed E-state index contributed by atoms with van der Waals surface area (Å²) < 4.78 is 53.4. The van der Waals surface area contributed by atoms with Crippen LogP contribution in [0, 0.1) is 0 Å². The summed E-state index contributed by atoms with van der Waals surface area (Å²) in [5, 5.41) is 2.05. The maximum atomic E-state index is 13.3. The monoisotopic (exact) mass is 487 g/mol. The van der Waals surface area contributed by atoms with Crippen LogP contribution in [-0.2, 0) is 15.2 Å². The Balaban J connectivity index is 2.03. The lowest BCUT2D eigenvalue weighted by atomic mass is 10.1. The van der Waals surface area contributed by atoms with E-state index in [-0.39, 0.29) is 5.02 Å². The van der Waals surface area contributed by atoms with E-state index < -0.39 is 20.1 Å². The molecule has 0 unspecified atom stereocenters. The number of fused-ring (bicyclic) bond motifs is 1. The highest BCUT2D eigenvalue weighted by atomic mass is 35.5. The zero-order chi connectivity index (χ0) is 22.4. The van der Waals surface area contributed by atoms with Crippen molar-refractivity contribution >= 4 is 48.4 Å². The Bertz CT molecular complexity index is 1010. The van der Waals surface area contributed by atoms with Crippen molar-refractivity contribution in [2.45, 2.75) is 24.9 Å². The molecule has 0 saturated carbocycles. The van der Waals surface area contributed by atoms with Gasteiger partial charge in [-0.3, -0.25) is 0 Å². The van der Waals surface area contributed by atoms with Gasteiger partial charge in [0.2, 0.25) is 0 Å². The summed E-state index contributed by atoms with van der Waals surface area (Å²) in [6.07, 6.45) is -4.10. The number of hydrogen-bond acceptors (Lipinski definition) is 4. The van der Waals surface area contributed by atoms with Gasteiger partial charge in [-0.1, -0.05) is 48.0 Å². The van der Waals surface area contributed by atoms with Crippen molar-refractivity contribution in [2.24, 2.45) is 0 Å². The van der Waals surface area contributed by atoms with Crippen LogP contribution in [-0.4, -0.2) is 19.5 Å². The number of rotatable bonds is 9. The van der Waals surface area contributed by atoms with Gasteiger partial charge in [0.25, 0.3) is 0 Å². The second-order valence-corrected chi connectivity index (χ2v) is 9.45. The van der Waals surface area contributed by atoms with Crippen molar-refractivity contribution in [3.8, 4) is 0 Å². The molecular formula is C22H22ClF3NO2PS. The third-order valence-electron chi connectivity index (χ3n) is 4.24. The predicted octanol–water partition coefficient (Wildman–Crippen LogP) is 8.37. The zero-order valence-electron chi connectivity index (χ0n) is 17.0. The van der Waals surface area contributed by atoms with Crippen LogP contribution in [0.5, 0.6) is 0 Å². The van der Waals surface area contributed by atoms with Crippen molar-refractivity contribution in [1.29, 1.82) is 0 Å².